The van der Waals surface area contributed by atoms with Crippen LogP contribution in [0.1, 0.15) is 0 Å². The molecule has 0 fully saturated rings. The first-order valence-electron chi connectivity index (χ1n) is 19.6. The van der Waals surface area contributed by atoms with Crippen LogP contribution in [0.5, 0.6) is 0 Å². The first kappa shape index (κ1) is 33.0. The molecule has 0 atom stereocenters. The molecule has 0 aliphatic heterocycles. The highest BCUT2D eigenvalue weighted by atomic mass is 16.3. The molecule has 4 heterocycles. The molecule has 4 aromatic heterocycles. The summed E-state index contributed by atoms with van der Waals surface area (Å²) < 4.78 is 11.0. The van der Waals surface area contributed by atoms with Crippen molar-refractivity contribution in [2.45, 2.75) is 0 Å². The van der Waals surface area contributed by atoms with Gasteiger partial charge in [0.25, 0.3) is 0 Å². The lowest BCUT2D eigenvalue weighted by Crippen LogP contribution is -2.01. The first-order valence-corrected chi connectivity index (χ1v) is 19.6. The molecular formula is C52H32N6O. The Morgan fingerprint density at radius 2 is 0.797 bits per heavy atom. The zero-order chi connectivity index (χ0) is 38.9. The zero-order valence-corrected chi connectivity index (χ0v) is 31.6. The SMILES string of the molecule is c1ccc(-c2nc(-c3ccccc3)nc(-c3ccc(-n4c(-c5ccc(-n6c7ccccc7c7ccccc76)cc5)nc5cc6c(cc54)oc4ccccc46)cc3)n2)cc1. The van der Waals surface area contributed by atoms with Gasteiger partial charge in [0.05, 0.1) is 22.1 Å². The van der Waals surface area contributed by atoms with E-state index in [2.05, 4.69) is 124 Å². The third-order valence-electron chi connectivity index (χ3n) is 11.2. The fraction of sp³-hybridized carbons (Fsp3) is 0. The smallest absolute Gasteiger partial charge is 0.164 e. The molecule has 0 N–H and O–H groups in total. The molecule has 7 heteroatoms. The van der Waals surface area contributed by atoms with Gasteiger partial charge in [-0.2, -0.15) is 0 Å². The molecule has 0 saturated heterocycles. The van der Waals surface area contributed by atoms with Crippen molar-refractivity contribution < 1.29 is 4.42 Å². The molecule has 12 rings (SSSR count). The van der Waals surface area contributed by atoms with Gasteiger partial charge in [-0.1, -0.05) is 115 Å². The summed E-state index contributed by atoms with van der Waals surface area (Å²) in [6, 6.07) is 66.8. The molecule has 0 unspecified atom stereocenters. The molecule has 0 spiro atoms. The average Bonchev–Trinajstić information content (AvgIpc) is 3.98. The molecule has 59 heavy (non-hydrogen) atoms. The van der Waals surface area contributed by atoms with Crippen molar-refractivity contribution >= 4 is 54.8 Å². The van der Waals surface area contributed by atoms with Crippen molar-refractivity contribution in [1.29, 1.82) is 0 Å². The number of aromatic nitrogens is 6. The second-order valence-electron chi connectivity index (χ2n) is 14.7. The lowest BCUT2D eigenvalue weighted by Gasteiger charge is -2.13. The van der Waals surface area contributed by atoms with Gasteiger partial charge in [-0.25, -0.2) is 19.9 Å². The Hall–Kier alpha value is -8.16. The van der Waals surface area contributed by atoms with Gasteiger partial charge in [-0.05, 0) is 72.8 Å². The van der Waals surface area contributed by atoms with E-state index < -0.39 is 0 Å². The molecule has 0 aliphatic carbocycles. The molecule has 0 bridgehead atoms. The van der Waals surface area contributed by atoms with Crippen molar-refractivity contribution in [3.05, 3.63) is 194 Å². The van der Waals surface area contributed by atoms with Crippen LogP contribution in [0.3, 0.4) is 0 Å². The maximum absolute atomic E-state index is 6.40. The van der Waals surface area contributed by atoms with Gasteiger partial charge in [-0.15, -0.1) is 0 Å². The van der Waals surface area contributed by atoms with Crippen LogP contribution >= 0.6 is 0 Å². The maximum atomic E-state index is 6.40. The lowest BCUT2D eigenvalue weighted by atomic mass is 10.1. The summed E-state index contributed by atoms with van der Waals surface area (Å²) >= 11 is 0. The summed E-state index contributed by atoms with van der Waals surface area (Å²) in [7, 11) is 0. The van der Waals surface area contributed by atoms with Crippen LogP contribution in [-0.4, -0.2) is 29.1 Å². The third-order valence-corrected chi connectivity index (χ3v) is 11.2. The van der Waals surface area contributed by atoms with Gasteiger partial charge < -0.3 is 8.98 Å². The summed E-state index contributed by atoms with van der Waals surface area (Å²) in [5, 5.41) is 4.58. The second-order valence-corrected chi connectivity index (χ2v) is 14.7. The predicted octanol–water partition coefficient (Wildman–Crippen LogP) is 12.9. The van der Waals surface area contributed by atoms with E-state index in [4.69, 9.17) is 24.4 Å². The monoisotopic (exact) mass is 756 g/mol. The fourth-order valence-electron chi connectivity index (χ4n) is 8.41. The Morgan fingerprint density at radius 3 is 1.39 bits per heavy atom. The standard InChI is InChI=1S/C52H32N6O/c1-3-13-33(14-4-1)49-54-50(34-15-5-2-6-16-34)56-51(55-49)35-23-27-38(28-24-35)58-46-32-48-42(41-19-9-12-22-47(41)59-48)31-43(46)53-52(58)36-25-29-37(30-26-36)57-44-20-10-7-17-39(44)40-18-8-11-21-45(40)57/h1-32H. The molecule has 0 radical (unpaired) electrons. The van der Waals surface area contributed by atoms with E-state index in [1.807, 2.05) is 78.9 Å². The number of benzene rings is 8. The largest absolute Gasteiger partial charge is 0.456 e. The lowest BCUT2D eigenvalue weighted by molar-refractivity contribution is 0.669. The molecule has 7 nitrogen and oxygen atoms in total. The Morgan fingerprint density at radius 1 is 0.322 bits per heavy atom. The van der Waals surface area contributed by atoms with Gasteiger partial charge in [0, 0.05) is 61.2 Å². The molecule has 12 aromatic rings. The second kappa shape index (κ2) is 13.2. The predicted molar refractivity (Wildman–Crippen MR) is 238 cm³/mol. The van der Waals surface area contributed by atoms with Crippen LogP contribution in [0.15, 0.2) is 199 Å². The highest BCUT2D eigenvalue weighted by molar-refractivity contribution is 6.10. The van der Waals surface area contributed by atoms with Crippen molar-refractivity contribution in [2.75, 3.05) is 0 Å². The number of furan rings is 1. The molecule has 8 aromatic carbocycles. The number of rotatable bonds is 6. The van der Waals surface area contributed by atoms with Gasteiger partial charge in [0.15, 0.2) is 17.5 Å². The zero-order valence-electron chi connectivity index (χ0n) is 31.6. The maximum Gasteiger partial charge on any atom is 0.164 e. The fourth-order valence-corrected chi connectivity index (χ4v) is 8.41. The third kappa shape index (κ3) is 5.44. The Kier molecular flexibility index (Phi) is 7.40. The van der Waals surface area contributed by atoms with Gasteiger partial charge in [-0.3, -0.25) is 4.57 Å². The van der Waals surface area contributed by atoms with Crippen LogP contribution in [-0.2, 0) is 0 Å². The average molecular weight is 757 g/mol. The van der Waals surface area contributed by atoms with Gasteiger partial charge in [0.1, 0.15) is 17.0 Å². The molecule has 0 saturated carbocycles. The van der Waals surface area contributed by atoms with Crippen molar-refractivity contribution in [2.24, 2.45) is 0 Å². The molecule has 276 valence electrons. The minimum atomic E-state index is 0.601. The highest BCUT2D eigenvalue weighted by Gasteiger charge is 2.20. The summed E-state index contributed by atoms with van der Waals surface area (Å²) in [5.74, 6) is 2.68. The van der Waals surface area contributed by atoms with Crippen LogP contribution in [0.25, 0.3) is 112 Å². The topological polar surface area (TPSA) is 74.6 Å². The number of para-hydroxylation sites is 3. The van der Waals surface area contributed by atoms with Gasteiger partial charge >= 0.3 is 0 Å². The van der Waals surface area contributed by atoms with Gasteiger partial charge in [0.2, 0.25) is 0 Å². The van der Waals surface area contributed by atoms with Crippen LogP contribution in [0.4, 0.5) is 0 Å². The molecular weight excluding hydrogens is 725 g/mol. The van der Waals surface area contributed by atoms with Crippen LogP contribution < -0.4 is 0 Å². The Bertz CT molecular complexity index is 3420. The number of fused-ring (bicyclic) bond motifs is 7. The number of hydrogen-bond donors (Lipinski definition) is 0. The highest BCUT2D eigenvalue weighted by Crippen LogP contribution is 2.37. The van der Waals surface area contributed by atoms with E-state index in [1.165, 1.54) is 21.8 Å². The summed E-state index contributed by atoms with van der Waals surface area (Å²) in [4.78, 5) is 20.2. The normalized spacial score (nSPS) is 11.7. The van der Waals surface area contributed by atoms with Crippen molar-refractivity contribution in [1.82, 2.24) is 29.1 Å². The summed E-state index contributed by atoms with van der Waals surface area (Å²) in [6.45, 7) is 0. The summed E-state index contributed by atoms with van der Waals surface area (Å²) in [6.07, 6.45) is 0. The van der Waals surface area contributed by atoms with E-state index >= 15 is 0 Å². The molecule has 0 amide bonds. The van der Waals surface area contributed by atoms with Crippen molar-refractivity contribution in [3.63, 3.8) is 0 Å². The van der Waals surface area contributed by atoms with Crippen LogP contribution in [0, 0.1) is 0 Å². The first-order chi connectivity index (χ1) is 29.2. The minimum Gasteiger partial charge on any atom is -0.456 e. The Labute approximate surface area is 338 Å². The van der Waals surface area contributed by atoms with Crippen LogP contribution in [0.2, 0.25) is 0 Å². The van der Waals surface area contributed by atoms with E-state index in [1.54, 1.807) is 0 Å². The quantitative estimate of drug-likeness (QED) is 0.169. The van der Waals surface area contributed by atoms with E-state index in [0.29, 0.717) is 17.5 Å². The number of hydrogen-bond acceptors (Lipinski definition) is 5. The number of nitrogens with zero attached hydrogens (tertiary/aromatic N) is 6. The minimum absolute atomic E-state index is 0.601. The van der Waals surface area contributed by atoms with E-state index in [0.717, 1.165) is 72.4 Å². The van der Waals surface area contributed by atoms with Crippen molar-refractivity contribution in [3.8, 4) is 56.9 Å². The summed E-state index contributed by atoms with van der Waals surface area (Å²) in [5.41, 5.74) is 11.6. The Balaban J connectivity index is 1.01. The molecule has 0 aliphatic rings. The number of imidazole rings is 1. The van der Waals surface area contributed by atoms with E-state index in [9.17, 15) is 0 Å². The van der Waals surface area contributed by atoms with E-state index in [-0.39, 0.29) is 0 Å².